The Morgan fingerprint density at radius 2 is 1.54 bits per heavy atom. The fourth-order valence-electron chi connectivity index (χ4n) is 4.32. The average Bonchev–Trinajstić information content (AvgIpc) is 2.92. The van der Waals surface area contributed by atoms with Crippen LogP contribution in [0.5, 0.6) is 5.75 Å². The molecule has 1 amide bonds. The van der Waals surface area contributed by atoms with E-state index in [1.165, 1.54) is 68.3 Å². The molecule has 0 unspecified atom stereocenters. The first-order chi connectivity index (χ1) is 17.8. The van der Waals surface area contributed by atoms with Gasteiger partial charge < -0.3 is 10.1 Å². The van der Waals surface area contributed by atoms with Crippen molar-refractivity contribution < 1.29 is 22.3 Å². The van der Waals surface area contributed by atoms with Crippen LogP contribution in [-0.4, -0.2) is 46.0 Å². The second kappa shape index (κ2) is 12.2. The normalized spacial score (nSPS) is 14.2. The zero-order valence-corrected chi connectivity index (χ0v) is 21.7. The van der Waals surface area contributed by atoms with Crippen LogP contribution in [0.15, 0.2) is 77.7 Å². The molecule has 1 aliphatic rings. The first-order valence-electron chi connectivity index (χ1n) is 12.3. The van der Waals surface area contributed by atoms with Crippen LogP contribution in [-0.2, 0) is 27.9 Å². The van der Waals surface area contributed by atoms with Gasteiger partial charge in [0.05, 0.1) is 17.7 Å². The van der Waals surface area contributed by atoms with Gasteiger partial charge >= 0.3 is 0 Å². The molecule has 0 aromatic heterocycles. The summed E-state index contributed by atoms with van der Waals surface area (Å²) in [7, 11) is -2.61. The summed E-state index contributed by atoms with van der Waals surface area (Å²) in [4.78, 5) is 15.3. The van der Waals surface area contributed by atoms with Crippen LogP contribution >= 0.6 is 0 Å². The number of anilines is 1. The molecule has 1 N–H and O–H groups in total. The average molecular weight is 526 g/mol. The molecule has 1 aliphatic heterocycles. The zero-order chi connectivity index (χ0) is 26.3. The molecule has 0 bridgehead atoms. The van der Waals surface area contributed by atoms with E-state index >= 15 is 0 Å². The molecule has 0 radical (unpaired) electrons. The molecule has 0 spiro atoms. The van der Waals surface area contributed by atoms with Crippen molar-refractivity contribution in [2.75, 3.05) is 31.0 Å². The van der Waals surface area contributed by atoms with E-state index in [-0.39, 0.29) is 17.1 Å². The van der Waals surface area contributed by atoms with E-state index in [9.17, 15) is 17.6 Å². The Morgan fingerprint density at radius 1 is 0.919 bits per heavy atom. The van der Waals surface area contributed by atoms with E-state index in [1.807, 2.05) is 12.1 Å². The number of ether oxygens (including phenoxy) is 1. The standard InChI is InChI=1S/C28H32FN3O4S/c1-36-26-13-15-27(16-14-26)37(34,35)32(25-11-9-24(29)10-12-25)21-28(33)30-19-22-5-7-23(8-6-22)20-31-17-3-2-4-18-31/h5-16H,2-4,17-21H2,1H3,(H,30,33). The highest BCUT2D eigenvalue weighted by molar-refractivity contribution is 7.92. The molecule has 0 aliphatic carbocycles. The Bertz CT molecular complexity index is 1270. The number of rotatable bonds is 10. The maximum absolute atomic E-state index is 13.5. The number of hydrogen-bond acceptors (Lipinski definition) is 5. The number of halogens is 1. The van der Waals surface area contributed by atoms with Gasteiger partial charge in [-0.3, -0.25) is 14.0 Å². The number of carbonyl (C=O) groups is 1. The van der Waals surface area contributed by atoms with Gasteiger partial charge in [0.25, 0.3) is 10.0 Å². The number of hydrogen-bond donors (Lipinski definition) is 1. The van der Waals surface area contributed by atoms with Crippen LogP contribution in [0.1, 0.15) is 30.4 Å². The van der Waals surface area contributed by atoms with E-state index < -0.39 is 28.3 Å². The second-order valence-corrected chi connectivity index (χ2v) is 11.0. The Morgan fingerprint density at radius 3 is 2.16 bits per heavy atom. The van der Waals surface area contributed by atoms with Crippen molar-refractivity contribution in [3.05, 3.63) is 89.7 Å². The fraction of sp³-hybridized carbons (Fsp3) is 0.321. The largest absolute Gasteiger partial charge is 0.497 e. The SMILES string of the molecule is COc1ccc(S(=O)(=O)N(CC(=O)NCc2ccc(CN3CCCCC3)cc2)c2ccc(F)cc2)cc1. The lowest BCUT2D eigenvalue weighted by Crippen LogP contribution is -2.40. The number of likely N-dealkylation sites (tertiary alicyclic amines) is 1. The molecule has 37 heavy (non-hydrogen) atoms. The highest BCUT2D eigenvalue weighted by Crippen LogP contribution is 2.25. The topological polar surface area (TPSA) is 79.0 Å². The number of carbonyl (C=O) groups excluding carboxylic acids is 1. The monoisotopic (exact) mass is 525 g/mol. The van der Waals surface area contributed by atoms with Gasteiger partial charge in [-0.15, -0.1) is 0 Å². The lowest BCUT2D eigenvalue weighted by atomic mass is 10.1. The summed E-state index contributed by atoms with van der Waals surface area (Å²) in [5.41, 5.74) is 2.33. The molecule has 0 atom stereocenters. The first-order valence-corrected chi connectivity index (χ1v) is 13.8. The van der Waals surface area contributed by atoms with E-state index in [2.05, 4.69) is 22.3 Å². The molecule has 4 rings (SSSR count). The third-order valence-electron chi connectivity index (χ3n) is 6.42. The minimum absolute atomic E-state index is 0.00489. The maximum Gasteiger partial charge on any atom is 0.264 e. The maximum atomic E-state index is 13.5. The van der Waals surface area contributed by atoms with Gasteiger partial charge in [0.1, 0.15) is 18.1 Å². The zero-order valence-electron chi connectivity index (χ0n) is 20.9. The summed E-state index contributed by atoms with van der Waals surface area (Å²) in [5, 5.41) is 2.80. The van der Waals surface area contributed by atoms with Crippen molar-refractivity contribution in [2.24, 2.45) is 0 Å². The van der Waals surface area contributed by atoms with Gasteiger partial charge in [0.2, 0.25) is 5.91 Å². The predicted octanol–water partition coefficient (Wildman–Crippen LogP) is 4.33. The van der Waals surface area contributed by atoms with Crippen molar-refractivity contribution in [1.82, 2.24) is 10.2 Å². The van der Waals surface area contributed by atoms with Gasteiger partial charge in [0, 0.05) is 13.1 Å². The molecule has 1 fully saturated rings. The van der Waals surface area contributed by atoms with Gasteiger partial charge in [-0.25, -0.2) is 12.8 Å². The Balaban J connectivity index is 1.43. The van der Waals surface area contributed by atoms with Gasteiger partial charge in [-0.1, -0.05) is 30.7 Å². The third-order valence-corrected chi connectivity index (χ3v) is 8.20. The summed E-state index contributed by atoms with van der Waals surface area (Å²) >= 11 is 0. The summed E-state index contributed by atoms with van der Waals surface area (Å²) in [6.07, 6.45) is 3.79. The van der Waals surface area contributed by atoms with Crippen LogP contribution < -0.4 is 14.4 Å². The number of amides is 1. The van der Waals surface area contributed by atoms with Crippen molar-refractivity contribution in [3.63, 3.8) is 0 Å². The molecular formula is C28H32FN3O4S. The van der Waals surface area contributed by atoms with Crippen LogP contribution in [0.4, 0.5) is 10.1 Å². The lowest BCUT2D eigenvalue weighted by molar-refractivity contribution is -0.119. The number of benzene rings is 3. The predicted molar refractivity (Wildman–Crippen MR) is 141 cm³/mol. The Labute approximate surface area is 217 Å². The number of methoxy groups -OCH3 is 1. The molecule has 3 aromatic carbocycles. The summed E-state index contributed by atoms with van der Waals surface area (Å²) in [5.74, 6) is -0.468. The molecule has 9 heteroatoms. The van der Waals surface area contributed by atoms with E-state index in [0.717, 1.165) is 41.6 Å². The van der Waals surface area contributed by atoms with E-state index in [4.69, 9.17) is 4.74 Å². The molecule has 196 valence electrons. The number of nitrogens with one attached hydrogen (secondary N) is 1. The summed E-state index contributed by atoms with van der Waals surface area (Å²) < 4.78 is 46.5. The number of sulfonamides is 1. The molecule has 3 aromatic rings. The van der Waals surface area contributed by atoms with Crippen LogP contribution in [0.3, 0.4) is 0 Å². The number of piperidine rings is 1. The molecule has 1 saturated heterocycles. The van der Waals surface area contributed by atoms with E-state index in [1.54, 1.807) is 0 Å². The minimum Gasteiger partial charge on any atom is -0.497 e. The summed E-state index contributed by atoms with van der Waals surface area (Å²) in [6, 6.07) is 19.0. The second-order valence-electron chi connectivity index (χ2n) is 9.09. The molecule has 0 saturated carbocycles. The smallest absolute Gasteiger partial charge is 0.264 e. The van der Waals surface area contributed by atoms with Gasteiger partial charge in [-0.2, -0.15) is 0 Å². The van der Waals surface area contributed by atoms with E-state index in [0.29, 0.717) is 5.75 Å². The van der Waals surface area contributed by atoms with Crippen molar-refractivity contribution in [1.29, 1.82) is 0 Å². The van der Waals surface area contributed by atoms with Gasteiger partial charge in [0.15, 0.2) is 0 Å². The molecular weight excluding hydrogens is 493 g/mol. The number of nitrogens with zero attached hydrogens (tertiary/aromatic N) is 2. The van der Waals surface area contributed by atoms with Crippen LogP contribution in [0, 0.1) is 5.82 Å². The fourth-order valence-corrected chi connectivity index (χ4v) is 5.74. The summed E-state index contributed by atoms with van der Waals surface area (Å²) in [6.45, 7) is 2.99. The lowest BCUT2D eigenvalue weighted by Gasteiger charge is -2.26. The highest BCUT2D eigenvalue weighted by Gasteiger charge is 2.27. The first kappa shape index (κ1) is 26.6. The van der Waals surface area contributed by atoms with Crippen molar-refractivity contribution >= 4 is 21.6 Å². The quantitative estimate of drug-likeness (QED) is 0.426. The van der Waals surface area contributed by atoms with Crippen LogP contribution in [0.25, 0.3) is 0 Å². The minimum atomic E-state index is -4.10. The van der Waals surface area contributed by atoms with Gasteiger partial charge in [-0.05, 0) is 85.6 Å². The van der Waals surface area contributed by atoms with Crippen LogP contribution in [0.2, 0.25) is 0 Å². The highest BCUT2D eigenvalue weighted by atomic mass is 32.2. The molecule has 1 heterocycles. The van der Waals surface area contributed by atoms with Crippen molar-refractivity contribution in [3.8, 4) is 5.75 Å². The van der Waals surface area contributed by atoms with Crippen molar-refractivity contribution in [2.45, 2.75) is 37.2 Å². The molecule has 7 nitrogen and oxygen atoms in total. The Kier molecular flexibility index (Phi) is 8.78. The third kappa shape index (κ3) is 7.08. The Hall–Kier alpha value is -3.43.